The van der Waals surface area contributed by atoms with Gasteiger partial charge in [0.25, 0.3) is 0 Å². The molecular formula is C11H24N2O3. The van der Waals surface area contributed by atoms with Crippen molar-refractivity contribution in [1.82, 2.24) is 5.32 Å². The van der Waals surface area contributed by atoms with E-state index in [1.807, 2.05) is 0 Å². The molecule has 0 aromatic heterocycles. The molecular weight excluding hydrogens is 208 g/mol. The molecule has 16 heavy (non-hydrogen) atoms. The van der Waals surface area contributed by atoms with E-state index in [1.165, 1.54) is 0 Å². The molecule has 1 amide bonds. The highest BCUT2D eigenvalue weighted by atomic mass is 16.5. The van der Waals surface area contributed by atoms with Crippen molar-refractivity contribution in [3.8, 4) is 0 Å². The van der Waals surface area contributed by atoms with Gasteiger partial charge in [0, 0.05) is 13.7 Å². The van der Waals surface area contributed by atoms with Gasteiger partial charge in [-0.15, -0.1) is 0 Å². The molecule has 1 atom stereocenters. The summed E-state index contributed by atoms with van der Waals surface area (Å²) in [5.74, 6) is -0.274. The van der Waals surface area contributed by atoms with Crippen LogP contribution in [0.25, 0.3) is 0 Å². The molecule has 0 aromatic rings. The first-order valence-corrected chi connectivity index (χ1v) is 5.40. The first kappa shape index (κ1) is 15.3. The Hall–Kier alpha value is -0.650. The second kappa shape index (κ2) is 5.61. The number of nitrogens with two attached hydrogens (primary N) is 1. The van der Waals surface area contributed by atoms with E-state index < -0.39 is 17.2 Å². The minimum atomic E-state index is -1.01. The molecule has 1 unspecified atom stereocenters. The van der Waals surface area contributed by atoms with Crippen molar-refractivity contribution in [2.45, 2.75) is 51.3 Å². The molecule has 96 valence electrons. The van der Waals surface area contributed by atoms with Gasteiger partial charge in [-0.05, 0) is 34.1 Å². The first-order valence-electron chi connectivity index (χ1n) is 5.40. The molecule has 0 heterocycles. The first-order chi connectivity index (χ1) is 7.12. The number of carbonyl (C=O) groups excluding carboxylic acids is 1. The lowest BCUT2D eigenvalue weighted by molar-refractivity contribution is -0.127. The number of nitrogens with one attached hydrogen (secondary N) is 1. The molecule has 0 saturated carbocycles. The fraction of sp³-hybridized carbons (Fsp3) is 0.909. The molecule has 0 radical (unpaired) electrons. The second-order valence-electron chi connectivity index (χ2n) is 5.06. The maximum Gasteiger partial charge on any atom is 0.237 e. The minimum absolute atomic E-state index is 0.274. The van der Waals surface area contributed by atoms with Crippen molar-refractivity contribution in [3.63, 3.8) is 0 Å². The number of aliphatic hydroxyl groups is 1. The van der Waals surface area contributed by atoms with Crippen LogP contribution in [-0.4, -0.2) is 41.9 Å². The lowest BCUT2D eigenvalue weighted by Gasteiger charge is -2.38. The van der Waals surface area contributed by atoms with Crippen molar-refractivity contribution in [2.24, 2.45) is 5.73 Å². The molecule has 0 aliphatic heterocycles. The fourth-order valence-corrected chi connectivity index (χ4v) is 0.930. The molecule has 5 nitrogen and oxygen atoms in total. The van der Waals surface area contributed by atoms with Gasteiger partial charge in [-0.25, -0.2) is 0 Å². The Morgan fingerprint density at radius 2 is 1.94 bits per heavy atom. The predicted octanol–water partition coefficient (Wildman–Crippen LogP) is 0.0159. The van der Waals surface area contributed by atoms with Gasteiger partial charge < -0.3 is 20.9 Å². The third-order valence-electron chi connectivity index (χ3n) is 2.93. The molecule has 0 saturated heterocycles. The fourth-order valence-electron chi connectivity index (χ4n) is 0.930. The smallest absolute Gasteiger partial charge is 0.237 e. The normalized spacial score (nSPS) is 14.7. The summed E-state index contributed by atoms with van der Waals surface area (Å²) < 4.78 is 4.85. The van der Waals surface area contributed by atoms with Crippen LogP contribution in [-0.2, 0) is 9.53 Å². The van der Waals surface area contributed by atoms with Crippen LogP contribution in [0.15, 0.2) is 0 Å². The van der Waals surface area contributed by atoms with Gasteiger partial charge in [0.15, 0.2) is 0 Å². The maximum atomic E-state index is 11.7. The second-order valence-corrected chi connectivity index (χ2v) is 5.06. The zero-order valence-corrected chi connectivity index (χ0v) is 10.8. The summed E-state index contributed by atoms with van der Waals surface area (Å²) in [5, 5.41) is 12.6. The van der Waals surface area contributed by atoms with Crippen molar-refractivity contribution in [3.05, 3.63) is 0 Å². The van der Waals surface area contributed by atoms with Crippen LogP contribution in [0.2, 0.25) is 0 Å². The molecule has 0 bridgehead atoms. The Kier molecular flexibility index (Phi) is 5.38. The molecule has 0 fully saturated rings. The molecule has 0 aromatic carbocycles. The van der Waals surface area contributed by atoms with E-state index in [9.17, 15) is 9.90 Å². The van der Waals surface area contributed by atoms with Gasteiger partial charge in [0.1, 0.15) is 0 Å². The highest BCUT2D eigenvalue weighted by molar-refractivity contribution is 5.82. The van der Waals surface area contributed by atoms with Crippen LogP contribution in [0.4, 0.5) is 0 Å². The van der Waals surface area contributed by atoms with Crippen LogP contribution in [0.5, 0.6) is 0 Å². The minimum Gasteiger partial charge on any atom is -0.388 e. The Morgan fingerprint density at radius 3 is 2.31 bits per heavy atom. The quantitative estimate of drug-likeness (QED) is 0.602. The van der Waals surface area contributed by atoms with E-state index in [1.54, 1.807) is 34.8 Å². The van der Waals surface area contributed by atoms with Gasteiger partial charge >= 0.3 is 0 Å². The number of hydrogen-bond donors (Lipinski definition) is 3. The monoisotopic (exact) mass is 232 g/mol. The zero-order chi connectivity index (χ0) is 13.0. The maximum absolute atomic E-state index is 11.7. The van der Waals surface area contributed by atoms with Crippen LogP contribution in [0.3, 0.4) is 0 Å². The Bertz CT molecular complexity index is 234. The Balaban J connectivity index is 4.33. The molecule has 0 aliphatic rings. The third-order valence-corrected chi connectivity index (χ3v) is 2.93. The summed E-state index contributed by atoms with van der Waals surface area (Å²) >= 11 is 0. The van der Waals surface area contributed by atoms with E-state index in [4.69, 9.17) is 10.5 Å². The summed E-state index contributed by atoms with van der Waals surface area (Å²) in [6, 6.07) is -0.610. The highest BCUT2D eigenvalue weighted by Gasteiger charge is 2.37. The predicted molar refractivity (Wildman–Crippen MR) is 63.0 cm³/mol. The Labute approximate surface area is 97.3 Å². The average Bonchev–Trinajstić information content (AvgIpc) is 2.11. The molecule has 0 rings (SSSR count). The summed E-state index contributed by atoms with van der Waals surface area (Å²) in [6.07, 6.45) is 0.463. The van der Waals surface area contributed by atoms with Gasteiger partial charge in [0.05, 0.1) is 17.2 Å². The van der Waals surface area contributed by atoms with Crippen LogP contribution >= 0.6 is 0 Å². The van der Waals surface area contributed by atoms with Crippen LogP contribution < -0.4 is 11.1 Å². The van der Waals surface area contributed by atoms with E-state index >= 15 is 0 Å². The van der Waals surface area contributed by atoms with E-state index in [-0.39, 0.29) is 5.91 Å². The summed E-state index contributed by atoms with van der Waals surface area (Å²) in [4.78, 5) is 11.7. The zero-order valence-electron chi connectivity index (χ0n) is 10.8. The van der Waals surface area contributed by atoms with Gasteiger partial charge in [-0.3, -0.25) is 4.79 Å². The summed E-state index contributed by atoms with van der Waals surface area (Å²) in [7, 11) is 1.56. The van der Waals surface area contributed by atoms with Crippen molar-refractivity contribution < 1.29 is 14.6 Å². The lowest BCUT2D eigenvalue weighted by atomic mass is 9.85. The molecule has 5 heteroatoms. The SMILES string of the molecule is COCCC(N)C(=O)NC(C)(C)C(C)(C)O. The van der Waals surface area contributed by atoms with E-state index in [2.05, 4.69) is 5.32 Å². The van der Waals surface area contributed by atoms with Crippen molar-refractivity contribution >= 4 is 5.91 Å². The van der Waals surface area contributed by atoms with Crippen LogP contribution in [0, 0.1) is 0 Å². The number of hydrogen-bond acceptors (Lipinski definition) is 4. The van der Waals surface area contributed by atoms with Crippen molar-refractivity contribution in [2.75, 3.05) is 13.7 Å². The number of methoxy groups -OCH3 is 1. The topological polar surface area (TPSA) is 84.6 Å². The average molecular weight is 232 g/mol. The standard InChI is InChI=1S/C11H24N2O3/c1-10(2,11(3,4)15)13-9(14)8(12)6-7-16-5/h8,15H,6-7,12H2,1-5H3,(H,13,14). The number of amides is 1. The van der Waals surface area contributed by atoms with Gasteiger partial charge in [-0.1, -0.05) is 0 Å². The number of ether oxygens (including phenoxy) is 1. The highest BCUT2D eigenvalue weighted by Crippen LogP contribution is 2.20. The van der Waals surface area contributed by atoms with Gasteiger partial charge in [0.2, 0.25) is 5.91 Å². The van der Waals surface area contributed by atoms with E-state index in [0.717, 1.165) is 0 Å². The molecule has 0 aliphatic carbocycles. The molecule has 4 N–H and O–H groups in total. The number of rotatable bonds is 6. The van der Waals surface area contributed by atoms with Crippen molar-refractivity contribution in [1.29, 1.82) is 0 Å². The Morgan fingerprint density at radius 1 is 1.44 bits per heavy atom. The van der Waals surface area contributed by atoms with E-state index in [0.29, 0.717) is 13.0 Å². The number of carbonyl (C=O) groups is 1. The van der Waals surface area contributed by atoms with Gasteiger partial charge in [-0.2, -0.15) is 0 Å². The largest absolute Gasteiger partial charge is 0.388 e. The van der Waals surface area contributed by atoms with Crippen LogP contribution in [0.1, 0.15) is 34.1 Å². The lowest BCUT2D eigenvalue weighted by Crippen LogP contribution is -2.60. The molecule has 0 spiro atoms. The summed E-state index contributed by atoms with van der Waals surface area (Å²) in [6.45, 7) is 7.25. The third kappa shape index (κ3) is 4.47. The summed E-state index contributed by atoms with van der Waals surface area (Å²) in [5.41, 5.74) is 3.94.